The highest BCUT2D eigenvalue weighted by Crippen LogP contribution is 2.24. The van der Waals surface area contributed by atoms with E-state index in [0.29, 0.717) is 12.3 Å². The Bertz CT molecular complexity index is 730. The maximum atomic E-state index is 12.1. The summed E-state index contributed by atoms with van der Waals surface area (Å²) >= 11 is 3.42. The van der Waals surface area contributed by atoms with Gasteiger partial charge < -0.3 is 15.0 Å². The highest BCUT2D eigenvalue weighted by Gasteiger charge is 2.13. The average Bonchev–Trinajstić information content (AvgIpc) is 2.65. The highest BCUT2D eigenvalue weighted by atomic mass is 79.9. The first-order chi connectivity index (χ1) is 12.5. The first kappa shape index (κ1) is 20.0. The van der Waals surface area contributed by atoms with Crippen LogP contribution in [0.15, 0.2) is 53.0 Å². The van der Waals surface area contributed by atoms with Gasteiger partial charge in [0, 0.05) is 18.1 Å². The summed E-state index contributed by atoms with van der Waals surface area (Å²) in [6.45, 7) is 2.52. The molecule has 5 nitrogen and oxygen atoms in total. The number of hydrogen-bond donors (Lipinski definition) is 1. The van der Waals surface area contributed by atoms with Crippen molar-refractivity contribution in [1.29, 1.82) is 0 Å². The topological polar surface area (TPSA) is 58.6 Å². The van der Waals surface area contributed by atoms with E-state index in [2.05, 4.69) is 21.2 Å². The van der Waals surface area contributed by atoms with Crippen LogP contribution in [0, 0.1) is 0 Å². The van der Waals surface area contributed by atoms with Gasteiger partial charge in [0.05, 0.1) is 6.54 Å². The van der Waals surface area contributed by atoms with Crippen LogP contribution >= 0.6 is 15.9 Å². The Labute approximate surface area is 162 Å². The van der Waals surface area contributed by atoms with Crippen LogP contribution in [0.5, 0.6) is 5.75 Å². The minimum absolute atomic E-state index is 0.0324. The van der Waals surface area contributed by atoms with Gasteiger partial charge in [-0.1, -0.05) is 47.1 Å². The number of nitrogens with one attached hydrogen (secondary N) is 1. The van der Waals surface area contributed by atoms with E-state index in [1.54, 1.807) is 7.05 Å². The molecule has 2 aromatic rings. The maximum Gasteiger partial charge on any atom is 0.260 e. The molecule has 2 amide bonds. The van der Waals surface area contributed by atoms with E-state index in [1.165, 1.54) is 4.90 Å². The molecule has 0 saturated carbocycles. The molecule has 2 aromatic carbocycles. The molecule has 0 radical (unpaired) electrons. The highest BCUT2D eigenvalue weighted by molar-refractivity contribution is 9.10. The maximum absolute atomic E-state index is 12.1. The monoisotopic (exact) mass is 418 g/mol. The van der Waals surface area contributed by atoms with Crippen LogP contribution in [0.3, 0.4) is 0 Å². The van der Waals surface area contributed by atoms with Gasteiger partial charge in [-0.2, -0.15) is 0 Å². The van der Waals surface area contributed by atoms with Crippen molar-refractivity contribution in [2.45, 2.75) is 13.3 Å². The van der Waals surface area contributed by atoms with Gasteiger partial charge in [-0.05, 0) is 41.8 Å². The lowest BCUT2D eigenvalue weighted by Crippen LogP contribution is -2.40. The Kier molecular flexibility index (Phi) is 7.66. The fourth-order valence-electron chi connectivity index (χ4n) is 2.27. The number of carbonyl (C=O) groups is 2. The number of hydrogen-bond acceptors (Lipinski definition) is 3. The molecule has 0 saturated heterocycles. The minimum atomic E-state index is -0.242. The zero-order valence-electron chi connectivity index (χ0n) is 15.0. The smallest absolute Gasteiger partial charge is 0.260 e. The molecule has 0 unspecified atom stereocenters. The van der Waals surface area contributed by atoms with Crippen molar-refractivity contribution in [3.05, 3.63) is 53.0 Å². The van der Waals surface area contributed by atoms with Crippen LogP contribution in [0.1, 0.15) is 13.3 Å². The fourth-order valence-corrected chi connectivity index (χ4v) is 2.53. The van der Waals surface area contributed by atoms with Crippen LogP contribution in [0.25, 0.3) is 11.1 Å². The molecule has 0 atom stereocenters. The third-order valence-electron chi connectivity index (χ3n) is 3.77. The van der Waals surface area contributed by atoms with Gasteiger partial charge >= 0.3 is 0 Å². The summed E-state index contributed by atoms with van der Waals surface area (Å²) in [6.07, 6.45) is 0.864. The van der Waals surface area contributed by atoms with Crippen molar-refractivity contribution in [1.82, 2.24) is 10.2 Å². The summed E-state index contributed by atoms with van der Waals surface area (Å²) in [5.74, 6) is 0.207. The summed E-state index contributed by atoms with van der Waals surface area (Å²) in [7, 11) is 1.59. The second-order valence-corrected chi connectivity index (χ2v) is 6.84. The van der Waals surface area contributed by atoms with E-state index in [-0.39, 0.29) is 25.0 Å². The van der Waals surface area contributed by atoms with E-state index in [1.807, 2.05) is 55.5 Å². The molecular weight excluding hydrogens is 396 g/mol. The first-order valence-electron chi connectivity index (χ1n) is 8.49. The van der Waals surface area contributed by atoms with Crippen molar-refractivity contribution < 1.29 is 14.3 Å². The molecule has 1 N–H and O–H groups in total. The van der Waals surface area contributed by atoms with Gasteiger partial charge in [0.2, 0.25) is 5.91 Å². The van der Waals surface area contributed by atoms with E-state index in [4.69, 9.17) is 4.74 Å². The standard InChI is InChI=1S/C20H23BrN2O3/c1-3-12-22-19(24)13-23(2)20(25)14-26-18-10-6-16(7-11-18)15-4-8-17(21)9-5-15/h4-11H,3,12-14H2,1-2H3,(H,22,24). The summed E-state index contributed by atoms with van der Waals surface area (Å²) in [5, 5.41) is 2.74. The number of amides is 2. The van der Waals surface area contributed by atoms with E-state index < -0.39 is 0 Å². The number of carbonyl (C=O) groups excluding carboxylic acids is 2. The SMILES string of the molecule is CCCNC(=O)CN(C)C(=O)COc1ccc(-c2ccc(Br)cc2)cc1. The Hall–Kier alpha value is -2.34. The van der Waals surface area contributed by atoms with Crippen molar-refractivity contribution in [2.75, 3.05) is 26.7 Å². The van der Waals surface area contributed by atoms with Gasteiger partial charge in [0.1, 0.15) is 5.75 Å². The van der Waals surface area contributed by atoms with Crippen LogP contribution < -0.4 is 10.1 Å². The molecule has 2 rings (SSSR count). The molecule has 0 aliphatic carbocycles. The quantitative estimate of drug-likeness (QED) is 0.713. The van der Waals surface area contributed by atoms with E-state index >= 15 is 0 Å². The molecular formula is C20H23BrN2O3. The fraction of sp³-hybridized carbons (Fsp3) is 0.300. The molecule has 0 fully saturated rings. The number of nitrogens with zero attached hydrogens (tertiary/aromatic N) is 1. The molecule has 0 aliphatic heterocycles. The number of rotatable bonds is 8. The Balaban J connectivity index is 1.84. The second-order valence-electron chi connectivity index (χ2n) is 5.92. The van der Waals surface area contributed by atoms with Gasteiger partial charge in [-0.15, -0.1) is 0 Å². The van der Waals surface area contributed by atoms with E-state index in [0.717, 1.165) is 22.0 Å². The third-order valence-corrected chi connectivity index (χ3v) is 4.30. The molecule has 138 valence electrons. The number of ether oxygens (including phenoxy) is 1. The average molecular weight is 419 g/mol. The number of halogens is 1. The summed E-state index contributed by atoms with van der Waals surface area (Å²) in [5.41, 5.74) is 2.18. The Morgan fingerprint density at radius 1 is 1.04 bits per heavy atom. The third kappa shape index (κ3) is 6.19. The minimum Gasteiger partial charge on any atom is -0.484 e. The normalized spacial score (nSPS) is 10.3. The summed E-state index contributed by atoms with van der Waals surface area (Å²) in [6, 6.07) is 15.6. The lowest BCUT2D eigenvalue weighted by Gasteiger charge is -2.17. The van der Waals surface area contributed by atoms with Crippen molar-refractivity contribution in [3.63, 3.8) is 0 Å². The molecule has 6 heteroatoms. The van der Waals surface area contributed by atoms with Gasteiger partial charge in [0.15, 0.2) is 6.61 Å². The van der Waals surface area contributed by atoms with Crippen molar-refractivity contribution in [3.8, 4) is 16.9 Å². The van der Waals surface area contributed by atoms with Crippen molar-refractivity contribution in [2.24, 2.45) is 0 Å². The zero-order valence-corrected chi connectivity index (χ0v) is 16.6. The summed E-state index contributed by atoms with van der Waals surface area (Å²) < 4.78 is 6.57. The van der Waals surface area contributed by atoms with Crippen molar-refractivity contribution >= 4 is 27.7 Å². The first-order valence-corrected chi connectivity index (χ1v) is 9.28. The van der Waals surface area contributed by atoms with Crippen LogP contribution in [-0.4, -0.2) is 43.5 Å². The molecule has 0 aliphatic rings. The van der Waals surface area contributed by atoms with E-state index in [9.17, 15) is 9.59 Å². The lowest BCUT2D eigenvalue weighted by molar-refractivity contribution is -0.136. The Morgan fingerprint density at radius 3 is 2.19 bits per heavy atom. The van der Waals surface area contributed by atoms with Gasteiger partial charge in [-0.25, -0.2) is 0 Å². The van der Waals surface area contributed by atoms with Crippen LogP contribution in [0.2, 0.25) is 0 Å². The summed E-state index contributed by atoms with van der Waals surface area (Å²) in [4.78, 5) is 25.1. The van der Waals surface area contributed by atoms with Crippen LogP contribution in [0.4, 0.5) is 0 Å². The van der Waals surface area contributed by atoms with Gasteiger partial charge in [-0.3, -0.25) is 9.59 Å². The molecule has 0 heterocycles. The Morgan fingerprint density at radius 2 is 1.62 bits per heavy atom. The lowest BCUT2D eigenvalue weighted by atomic mass is 10.1. The molecule has 0 bridgehead atoms. The predicted molar refractivity (Wildman–Crippen MR) is 106 cm³/mol. The second kappa shape index (κ2) is 9.97. The van der Waals surface area contributed by atoms with Gasteiger partial charge in [0.25, 0.3) is 5.91 Å². The molecule has 26 heavy (non-hydrogen) atoms. The number of likely N-dealkylation sites (N-methyl/N-ethyl adjacent to an activating group) is 1. The predicted octanol–water partition coefficient (Wildman–Crippen LogP) is 3.48. The molecule has 0 spiro atoms. The zero-order chi connectivity index (χ0) is 18.9. The van der Waals surface area contributed by atoms with Crippen LogP contribution in [-0.2, 0) is 9.59 Å². The largest absolute Gasteiger partial charge is 0.484 e. The molecule has 0 aromatic heterocycles. The number of benzene rings is 2.